The number of rotatable bonds is 4. The minimum atomic E-state index is 0.441. The summed E-state index contributed by atoms with van der Waals surface area (Å²) >= 11 is 0. The lowest BCUT2D eigenvalue weighted by Crippen LogP contribution is -2.11. The van der Waals surface area contributed by atoms with Crippen molar-refractivity contribution in [2.75, 3.05) is 6.54 Å². The second-order valence-electron chi connectivity index (χ2n) is 2.52. The molecule has 1 nitrogen and oxygen atoms in total. The zero-order valence-electron chi connectivity index (χ0n) is 7.38. The normalized spacial score (nSPS) is 15.4. The van der Waals surface area contributed by atoms with Gasteiger partial charge in [-0.25, -0.2) is 0 Å². The van der Waals surface area contributed by atoms with Crippen LogP contribution in [0.25, 0.3) is 0 Å². The van der Waals surface area contributed by atoms with Gasteiger partial charge in [0.05, 0.1) is 0 Å². The van der Waals surface area contributed by atoms with E-state index in [9.17, 15) is 0 Å². The van der Waals surface area contributed by atoms with E-state index < -0.39 is 0 Å². The van der Waals surface area contributed by atoms with Gasteiger partial charge in [0, 0.05) is 0 Å². The van der Waals surface area contributed by atoms with Gasteiger partial charge < -0.3 is 5.73 Å². The van der Waals surface area contributed by atoms with Gasteiger partial charge in [-0.05, 0) is 25.0 Å². The molecular weight excluding hydrogens is 134 g/mol. The Morgan fingerprint density at radius 3 is 2.64 bits per heavy atom. The Bertz CT molecular complexity index is 166. The van der Waals surface area contributed by atoms with Crippen LogP contribution in [0.15, 0.2) is 36.5 Å². The fourth-order valence-corrected chi connectivity index (χ4v) is 0.860. The number of nitrogens with two attached hydrogens (primary N) is 1. The second-order valence-corrected chi connectivity index (χ2v) is 2.52. The fraction of sp³-hybridized carbons (Fsp3) is 0.400. The molecular formula is C10H17N. The van der Waals surface area contributed by atoms with Gasteiger partial charge in [0.1, 0.15) is 0 Å². The lowest BCUT2D eigenvalue weighted by molar-refractivity contribution is 0.709. The maximum absolute atomic E-state index is 5.52. The molecule has 62 valence electrons. The predicted octanol–water partition coefficient (Wildman–Crippen LogP) is 2.27. The molecule has 0 aromatic rings. The molecule has 0 rings (SSSR count). The molecule has 0 aliphatic rings. The molecule has 0 saturated carbocycles. The van der Waals surface area contributed by atoms with Crippen molar-refractivity contribution >= 4 is 0 Å². The number of allylic oxidation sites excluding steroid dienone is 4. The van der Waals surface area contributed by atoms with E-state index in [1.165, 1.54) is 5.57 Å². The molecule has 0 aliphatic heterocycles. The van der Waals surface area contributed by atoms with Crippen LogP contribution >= 0.6 is 0 Å². The van der Waals surface area contributed by atoms with E-state index in [-0.39, 0.29) is 0 Å². The molecule has 0 saturated heterocycles. The Balaban J connectivity index is 4.18. The monoisotopic (exact) mass is 151 g/mol. The Morgan fingerprint density at radius 1 is 1.64 bits per heavy atom. The maximum atomic E-state index is 5.52. The van der Waals surface area contributed by atoms with Crippen LogP contribution in [0, 0.1) is 5.92 Å². The van der Waals surface area contributed by atoms with Gasteiger partial charge >= 0.3 is 0 Å². The van der Waals surface area contributed by atoms with Gasteiger partial charge in [0.15, 0.2) is 0 Å². The van der Waals surface area contributed by atoms with Gasteiger partial charge in [-0.1, -0.05) is 37.8 Å². The van der Waals surface area contributed by atoms with Crippen molar-refractivity contribution in [3.8, 4) is 0 Å². The first kappa shape index (κ1) is 10.2. The first-order valence-corrected chi connectivity index (χ1v) is 3.91. The standard InChI is InChI=1S/C10H17N/c1-4-6-7-10(5-2)9(3)8-11/h4-7,9H,1,8,11H2,2-3H3/b7-6-,10-5+. The van der Waals surface area contributed by atoms with E-state index in [0.29, 0.717) is 12.5 Å². The first-order valence-electron chi connectivity index (χ1n) is 3.91. The van der Waals surface area contributed by atoms with Gasteiger partial charge in [0.25, 0.3) is 0 Å². The summed E-state index contributed by atoms with van der Waals surface area (Å²) in [5.41, 5.74) is 6.79. The van der Waals surface area contributed by atoms with Crippen molar-refractivity contribution in [3.63, 3.8) is 0 Å². The van der Waals surface area contributed by atoms with Crippen molar-refractivity contribution in [2.24, 2.45) is 11.7 Å². The molecule has 0 aliphatic carbocycles. The van der Waals surface area contributed by atoms with E-state index in [0.717, 1.165) is 0 Å². The average Bonchev–Trinajstić information content (AvgIpc) is 2.05. The molecule has 0 heterocycles. The molecule has 0 aromatic carbocycles. The van der Waals surface area contributed by atoms with Crippen LogP contribution in [-0.4, -0.2) is 6.54 Å². The summed E-state index contributed by atoms with van der Waals surface area (Å²) in [5.74, 6) is 0.441. The summed E-state index contributed by atoms with van der Waals surface area (Å²) in [6.07, 6.45) is 7.83. The van der Waals surface area contributed by atoms with Gasteiger partial charge in [-0.3, -0.25) is 0 Å². The summed E-state index contributed by atoms with van der Waals surface area (Å²) in [6.45, 7) is 8.44. The molecule has 11 heavy (non-hydrogen) atoms. The molecule has 2 N–H and O–H groups in total. The van der Waals surface area contributed by atoms with Gasteiger partial charge in [-0.15, -0.1) is 0 Å². The second kappa shape index (κ2) is 5.93. The smallest absolute Gasteiger partial charge is 0.00110 e. The first-order chi connectivity index (χ1) is 5.26. The SMILES string of the molecule is C=C/C=C\C(=C/C)C(C)CN. The van der Waals surface area contributed by atoms with E-state index in [2.05, 4.69) is 19.6 Å². The molecule has 1 unspecified atom stereocenters. The highest BCUT2D eigenvalue weighted by molar-refractivity contribution is 5.23. The molecule has 0 radical (unpaired) electrons. The zero-order chi connectivity index (χ0) is 8.69. The quantitative estimate of drug-likeness (QED) is 0.613. The van der Waals surface area contributed by atoms with Crippen molar-refractivity contribution in [1.82, 2.24) is 0 Å². The molecule has 1 heteroatoms. The zero-order valence-corrected chi connectivity index (χ0v) is 7.38. The minimum absolute atomic E-state index is 0.441. The van der Waals surface area contributed by atoms with Crippen LogP contribution in [0.5, 0.6) is 0 Å². The van der Waals surface area contributed by atoms with Crippen molar-refractivity contribution in [3.05, 3.63) is 36.5 Å². The Labute approximate surface area is 69.3 Å². The van der Waals surface area contributed by atoms with E-state index >= 15 is 0 Å². The van der Waals surface area contributed by atoms with Gasteiger partial charge in [0.2, 0.25) is 0 Å². The van der Waals surface area contributed by atoms with Crippen LogP contribution in [-0.2, 0) is 0 Å². The maximum Gasteiger partial charge on any atom is -0.00110 e. The minimum Gasteiger partial charge on any atom is -0.330 e. The summed E-state index contributed by atoms with van der Waals surface area (Å²) in [4.78, 5) is 0. The van der Waals surface area contributed by atoms with E-state index in [1.807, 2.05) is 19.1 Å². The lowest BCUT2D eigenvalue weighted by atomic mass is 10.0. The topological polar surface area (TPSA) is 26.0 Å². The predicted molar refractivity (Wildman–Crippen MR) is 51.3 cm³/mol. The lowest BCUT2D eigenvalue weighted by Gasteiger charge is -2.08. The summed E-state index contributed by atoms with van der Waals surface area (Å²) in [6, 6.07) is 0. The van der Waals surface area contributed by atoms with Crippen LogP contribution in [0.3, 0.4) is 0 Å². The third-order valence-electron chi connectivity index (χ3n) is 1.68. The summed E-state index contributed by atoms with van der Waals surface area (Å²) in [5, 5.41) is 0. The molecule has 1 atom stereocenters. The highest BCUT2D eigenvalue weighted by atomic mass is 14.5. The van der Waals surface area contributed by atoms with Crippen LogP contribution < -0.4 is 5.73 Å². The van der Waals surface area contributed by atoms with Crippen LogP contribution in [0.4, 0.5) is 0 Å². The largest absolute Gasteiger partial charge is 0.330 e. The van der Waals surface area contributed by atoms with Crippen molar-refractivity contribution in [2.45, 2.75) is 13.8 Å². The van der Waals surface area contributed by atoms with E-state index in [4.69, 9.17) is 5.73 Å². The molecule has 0 aromatic heterocycles. The molecule has 0 spiro atoms. The van der Waals surface area contributed by atoms with Crippen LogP contribution in [0.1, 0.15) is 13.8 Å². The Morgan fingerprint density at radius 2 is 2.27 bits per heavy atom. The highest BCUT2D eigenvalue weighted by Gasteiger charge is 2.00. The number of hydrogen-bond acceptors (Lipinski definition) is 1. The van der Waals surface area contributed by atoms with E-state index in [1.54, 1.807) is 6.08 Å². The molecule has 0 fully saturated rings. The molecule has 0 amide bonds. The van der Waals surface area contributed by atoms with Crippen molar-refractivity contribution < 1.29 is 0 Å². The Hall–Kier alpha value is -0.820. The number of hydrogen-bond donors (Lipinski definition) is 1. The average molecular weight is 151 g/mol. The summed E-state index contributed by atoms with van der Waals surface area (Å²) in [7, 11) is 0. The third-order valence-corrected chi connectivity index (χ3v) is 1.68. The van der Waals surface area contributed by atoms with Crippen molar-refractivity contribution in [1.29, 1.82) is 0 Å². The molecule has 0 bridgehead atoms. The van der Waals surface area contributed by atoms with Gasteiger partial charge in [-0.2, -0.15) is 0 Å². The fourth-order valence-electron chi connectivity index (χ4n) is 0.860. The third kappa shape index (κ3) is 3.79. The summed E-state index contributed by atoms with van der Waals surface area (Å²) < 4.78 is 0. The highest BCUT2D eigenvalue weighted by Crippen LogP contribution is 2.09. The Kier molecular flexibility index (Phi) is 5.49. The van der Waals surface area contributed by atoms with Crippen LogP contribution in [0.2, 0.25) is 0 Å².